The van der Waals surface area contributed by atoms with Crippen LogP contribution in [0, 0.1) is 0 Å². The molecule has 1 unspecified atom stereocenters. The van der Waals surface area contributed by atoms with Crippen LogP contribution < -0.4 is 22.1 Å². The summed E-state index contributed by atoms with van der Waals surface area (Å²) < 4.78 is 0. The minimum atomic E-state index is -2.61. The highest BCUT2D eigenvalue weighted by Gasteiger charge is 2.73. The van der Waals surface area contributed by atoms with Crippen LogP contribution in [0.1, 0.15) is 61.0 Å². The molecule has 4 atom stereocenters. The largest absolute Gasteiger partial charge is 0.370 e. The van der Waals surface area contributed by atoms with Crippen molar-refractivity contribution < 1.29 is 24.6 Å². The van der Waals surface area contributed by atoms with E-state index < -0.39 is 35.5 Å². The first-order valence-corrected chi connectivity index (χ1v) is 13.3. The molecule has 2 saturated heterocycles. The van der Waals surface area contributed by atoms with Crippen LogP contribution in [0.3, 0.4) is 0 Å². The molecule has 208 valence electrons. The highest BCUT2D eigenvalue weighted by atomic mass is 16.5. The highest BCUT2D eigenvalue weighted by Crippen LogP contribution is 2.45. The second-order valence-electron chi connectivity index (χ2n) is 11.7. The van der Waals surface area contributed by atoms with Crippen LogP contribution in [0.2, 0.25) is 0 Å². The van der Waals surface area contributed by atoms with E-state index in [4.69, 9.17) is 11.5 Å². The van der Waals surface area contributed by atoms with E-state index in [-0.39, 0.29) is 55.1 Å². The second kappa shape index (κ2) is 8.39. The molecule has 13 nitrogen and oxygen atoms in total. The molecule has 0 saturated carbocycles. The Morgan fingerprint density at radius 2 is 1.87 bits per heavy atom. The molecule has 8 N–H and O–H groups in total. The van der Waals surface area contributed by atoms with Gasteiger partial charge in [0.1, 0.15) is 12.1 Å². The van der Waals surface area contributed by atoms with Crippen molar-refractivity contribution >= 4 is 29.6 Å². The number of carbonyl (C=O) groups is 3. The van der Waals surface area contributed by atoms with E-state index in [2.05, 4.69) is 34.5 Å². The number of nitrogens with two attached hydrogens (primary N) is 2. The van der Waals surface area contributed by atoms with Crippen LogP contribution in [0.25, 0.3) is 0 Å². The number of hydrogen-bond acceptors (Lipinski definition) is 11. The van der Waals surface area contributed by atoms with Crippen molar-refractivity contribution in [3.05, 3.63) is 34.9 Å². The molecule has 6 rings (SSSR count). The SMILES string of the molecule is CC1(C)CCCc2cccc(C(=O)NC3CN4C(N)=N[C@@H](CN5C(=O)CCC5=O)[C@@H]5N=C(N)N[C@@]54C3(O)O)c21. The molecule has 0 bridgehead atoms. The minimum absolute atomic E-state index is 0.0461. The van der Waals surface area contributed by atoms with E-state index in [1.165, 1.54) is 4.90 Å². The Morgan fingerprint density at radius 1 is 1.15 bits per heavy atom. The monoisotopic (exact) mass is 538 g/mol. The zero-order valence-electron chi connectivity index (χ0n) is 22.0. The predicted octanol–water partition coefficient (Wildman–Crippen LogP) is -1.78. The van der Waals surface area contributed by atoms with Gasteiger partial charge in [-0.3, -0.25) is 19.3 Å². The van der Waals surface area contributed by atoms with Crippen molar-refractivity contribution in [3.63, 3.8) is 0 Å². The number of benzene rings is 1. The van der Waals surface area contributed by atoms with Gasteiger partial charge in [0.15, 0.2) is 17.6 Å². The van der Waals surface area contributed by atoms with Crippen molar-refractivity contribution in [1.29, 1.82) is 0 Å². The lowest BCUT2D eigenvalue weighted by Gasteiger charge is -2.49. The summed E-state index contributed by atoms with van der Waals surface area (Å²) in [6.07, 6.45) is 3.06. The average molecular weight is 539 g/mol. The highest BCUT2D eigenvalue weighted by molar-refractivity contribution is 6.02. The van der Waals surface area contributed by atoms with Gasteiger partial charge in [-0.1, -0.05) is 26.0 Å². The van der Waals surface area contributed by atoms with E-state index in [1.807, 2.05) is 12.1 Å². The third kappa shape index (κ3) is 3.55. The van der Waals surface area contributed by atoms with Crippen molar-refractivity contribution in [3.8, 4) is 0 Å². The normalized spacial score (nSPS) is 32.2. The van der Waals surface area contributed by atoms with Gasteiger partial charge in [-0.15, -0.1) is 0 Å². The number of aliphatic hydroxyl groups is 2. The third-order valence-electron chi connectivity index (χ3n) is 8.95. The minimum Gasteiger partial charge on any atom is -0.370 e. The fraction of sp³-hybridized carbons (Fsp3) is 0.577. The van der Waals surface area contributed by atoms with Gasteiger partial charge in [0.25, 0.3) is 5.91 Å². The molecule has 1 aromatic carbocycles. The first kappa shape index (κ1) is 25.6. The zero-order chi connectivity index (χ0) is 27.9. The van der Waals surface area contributed by atoms with Crippen LogP contribution in [-0.4, -0.2) is 92.3 Å². The Labute approximate surface area is 225 Å². The Bertz CT molecular complexity index is 1320. The summed E-state index contributed by atoms with van der Waals surface area (Å²) in [6.45, 7) is 4.00. The molecule has 0 aromatic heterocycles. The van der Waals surface area contributed by atoms with Gasteiger partial charge in [0, 0.05) is 24.9 Å². The average Bonchev–Trinajstić information content (AvgIpc) is 3.46. The van der Waals surface area contributed by atoms with Crippen molar-refractivity contribution in [2.24, 2.45) is 21.5 Å². The van der Waals surface area contributed by atoms with Gasteiger partial charge in [-0.05, 0) is 41.9 Å². The summed E-state index contributed by atoms with van der Waals surface area (Å²) in [4.78, 5) is 49.7. The third-order valence-corrected chi connectivity index (χ3v) is 8.95. The zero-order valence-corrected chi connectivity index (χ0v) is 22.0. The first-order chi connectivity index (χ1) is 18.4. The first-order valence-electron chi connectivity index (χ1n) is 13.3. The number of carbonyl (C=O) groups excluding carboxylic acids is 3. The number of likely N-dealkylation sites (tertiary alicyclic amines) is 1. The Hall–Kier alpha value is -3.71. The molecule has 4 heterocycles. The van der Waals surface area contributed by atoms with Crippen LogP contribution in [0.15, 0.2) is 28.2 Å². The standard InChI is InChI=1S/C26H34N8O5/c1-24(2)10-4-6-13-5-3-7-14(19(13)24)21(37)30-16-12-34-23(28)29-15(11-33-17(35)8-9-18(33)36)20-25(34,26(16,38)39)32-22(27)31-20/h3,5,7,15-16,20,38-39H,4,6,8-12H2,1-2H3,(H2,28,29)(H,30,37)(H3,27,31,32)/t15-,16?,20-,25-/m0/s1. The molecule has 1 spiro atoms. The van der Waals surface area contributed by atoms with E-state index in [1.54, 1.807) is 6.07 Å². The molecule has 13 heteroatoms. The summed E-state index contributed by atoms with van der Waals surface area (Å²) in [5, 5.41) is 29.2. The van der Waals surface area contributed by atoms with Crippen LogP contribution in [0.5, 0.6) is 0 Å². The molecular formula is C26H34N8O5. The van der Waals surface area contributed by atoms with Gasteiger partial charge >= 0.3 is 0 Å². The lowest BCUT2D eigenvalue weighted by Crippen LogP contribution is -2.78. The number of fused-ring (bicyclic) bond motifs is 1. The van der Waals surface area contributed by atoms with Crippen molar-refractivity contribution in [2.45, 2.75) is 80.9 Å². The fourth-order valence-electron chi connectivity index (χ4n) is 7.13. The number of hydrogen-bond donors (Lipinski definition) is 6. The number of imide groups is 1. The number of nitrogens with zero attached hydrogens (tertiary/aromatic N) is 4. The summed E-state index contributed by atoms with van der Waals surface area (Å²) >= 11 is 0. The Balaban J connectivity index is 1.33. The number of amides is 3. The molecule has 3 amide bonds. The van der Waals surface area contributed by atoms with Gasteiger partial charge in [0.2, 0.25) is 17.6 Å². The summed E-state index contributed by atoms with van der Waals surface area (Å²) in [5.74, 6) is -3.83. The second-order valence-corrected chi connectivity index (χ2v) is 11.7. The maximum atomic E-state index is 13.7. The molecule has 5 aliphatic rings. The maximum Gasteiger partial charge on any atom is 0.252 e. The smallest absolute Gasteiger partial charge is 0.252 e. The van der Waals surface area contributed by atoms with Crippen LogP contribution in [-0.2, 0) is 21.4 Å². The lowest BCUT2D eigenvalue weighted by atomic mass is 9.70. The predicted molar refractivity (Wildman–Crippen MR) is 140 cm³/mol. The number of aliphatic imine (C=N–C) groups is 2. The molecular weight excluding hydrogens is 504 g/mol. The van der Waals surface area contributed by atoms with E-state index in [0.29, 0.717) is 5.56 Å². The summed E-state index contributed by atoms with van der Waals surface area (Å²) in [7, 11) is 0. The molecule has 39 heavy (non-hydrogen) atoms. The molecule has 2 fully saturated rings. The molecule has 1 aliphatic carbocycles. The van der Waals surface area contributed by atoms with Crippen LogP contribution >= 0.6 is 0 Å². The van der Waals surface area contributed by atoms with Gasteiger partial charge < -0.3 is 37.2 Å². The summed E-state index contributed by atoms with van der Waals surface area (Å²) in [6, 6.07) is 2.54. The quantitative estimate of drug-likeness (QED) is 0.190. The van der Waals surface area contributed by atoms with Gasteiger partial charge in [0.05, 0.1) is 12.6 Å². The maximum absolute atomic E-state index is 13.7. The van der Waals surface area contributed by atoms with E-state index >= 15 is 0 Å². The topological polar surface area (TPSA) is 199 Å². The fourth-order valence-corrected chi connectivity index (χ4v) is 7.13. The van der Waals surface area contributed by atoms with Crippen molar-refractivity contribution in [1.82, 2.24) is 20.4 Å². The number of aryl methyl sites for hydroxylation is 1. The van der Waals surface area contributed by atoms with E-state index in [0.717, 1.165) is 35.3 Å². The number of nitrogens with one attached hydrogen (secondary N) is 2. The summed E-state index contributed by atoms with van der Waals surface area (Å²) in [5.41, 5.74) is 13.0. The Morgan fingerprint density at radius 3 is 2.59 bits per heavy atom. The molecule has 1 aromatic rings. The van der Waals surface area contributed by atoms with E-state index in [9.17, 15) is 24.6 Å². The Kier molecular flexibility index (Phi) is 5.50. The van der Waals surface area contributed by atoms with Gasteiger partial charge in [-0.25, -0.2) is 9.98 Å². The molecule has 4 aliphatic heterocycles. The van der Waals surface area contributed by atoms with Gasteiger partial charge in [-0.2, -0.15) is 0 Å². The number of guanidine groups is 2. The number of rotatable bonds is 4. The van der Waals surface area contributed by atoms with Crippen LogP contribution in [0.4, 0.5) is 0 Å². The molecule has 0 radical (unpaired) electrons. The van der Waals surface area contributed by atoms with Crippen molar-refractivity contribution in [2.75, 3.05) is 13.1 Å². The lowest BCUT2D eigenvalue weighted by molar-refractivity contribution is -0.230.